The van der Waals surface area contributed by atoms with Crippen LogP contribution in [-0.4, -0.2) is 39.7 Å². The molecule has 4 aromatic carbocycles. The van der Waals surface area contributed by atoms with Crippen molar-refractivity contribution in [3.63, 3.8) is 0 Å². The minimum absolute atomic E-state index is 0.0255. The van der Waals surface area contributed by atoms with Crippen LogP contribution in [0.4, 0.5) is 13.2 Å². The Kier molecular flexibility index (Phi) is 7.99. The zero-order valence-corrected chi connectivity index (χ0v) is 26.3. The van der Waals surface area contributed by atoms with Gasteiger partial charge in [0.05, 0.1) is 23.6 Å². The Balaban J connectivity index is 1.13. The van der Waals surface area contributed by atoms with Crippen LogP contribution in [0.25, 0.3) is 22.3 Å². The van der Waals surface area contributed by atoms with Crippen LogP contribution in [-0.2, 0) is 38.9 Å². The molecule has 0 N–H and O–H groups in total. The summed E-state index contributed by atoms with van der Waals surface area (Å²) in [6, 6.07) is 19.6. The predicted molar refractivity (Wildman–Crippen MR) is 170 cm³/mol. The molecule has 7 rings (SSSR count). The van der Waals surface area contributed by atoms with Crippen molar-refractivity contribution in [2.24, 2.45) is 0 Å². The lowest BCUT2D eigenvalue weighted by Gasteiger charge is -2.12. The zero-order valence-electron chi connectivity index (χ0n) is 25.5. The first-order chi connectivity index (χ1) is 23.1. The Labute approximate surface area is 273 Å². The van der Waals surface area contributed by atoms with Crippen LogP contribution in [0.1, 0.15) is 35.9 Å². The second kappa shape index (κ2) is 12.3. The Bertz CT molecular complexity index is 2320. The maximum Gasteiger partial charge on any atom is 0.306 e. The summed E-state index contributed by atoms with van der Waals surface area (Å²) >= 11 is 0. The van der Waals surface area contributed by atoms with E-state index in [2.05, 4.69) is 10.1 Å². The summed E-state index contributed by atoms with van der Waals surface area (Å²) in [5.41, 5.74) is 2.10. The molecule has 6 aromatic rings. The van der Waals surface area contributed by atoms with E-state index in [0.29, 0.717) is 34.9 Å². The van der Waals surface area contributed by atoms with Crippen molar-refractivity contribution in [1.29, 1.82) is 0 Å². The largest absolute Gasteiger partial charge is 0.466 e. The normalized spacial score (nSPS) is 12.2. The third-order valence-electron chi connectivity index (χ3n) is 8.10. The number of nitrogens with zero attached hydrogens (tertiary/aromatic N) is 4. The lowest BCUT2D eigenvalue weighted by atomic mass is 10.0. The average Bonchev–Trinajstić information content (AvgIpc) is 3.77. The molecule has 3 heterocycles. The van der Waals surface area contributed by atoms with Crippen molar-refractivity contribution in [3.8, 4) is 22.9 Å². The van der Waals surface area contributed by atoms with Crippen LogP contribution in [0.5, 0.6) is 11.5 Å². The first-order valence-electron chi connectivity index (χ1n) is 15.1. The molecule has 0 fully saturated rings. The average molecular weight is 673 g/mol. The van der Waals surface area contributed by atoms with E-state index in [4.69, 9.17) is 9.47 Å². The van der Waals surface area contributed by atoms with E-state index in [0.717, 1.165) is 15.6 Å². The first-order valence-corrected chi connectivity index (χ1v) is 16.5. The Morgan fingerprint density at radius 3 is 2.52 bits per heavy atom. The fourth-order valence-corrected chi connectivity index (χ4v) is 7.16. The molecule has 0 aliphatic carbocycles. The number of ether oxygens (including phenoxy) is 2. The fraction of sp³-hybridized carbons (Fsp3) is 0.171. The lowest BCUT2D eigenvalue weighted by Crippen LogP contribution is -2.11. The second-order valence-corrected chi connectivity index (χ2v) is 13.0. The van der Waals surface area contributed by atoms with Crippen molar-refractivity contribution in [3.05, 3.63) is 125 Å². The van der Waals surface area contributed by atoms with Gasteiger partial charge in [-0.1, -0.05) is 42.5 Å². The maximum absolute atomic E-state index is 15.7. The standard InChI is InChI=1S/C35H27F3N4O5S/c1-2-46-31(43)14-12-21-7-6-8-22(32(21)37)17-30-39-35-27-18-24(13-11-23(27)20-41(35)40-30)47-34-28(36)19-29-26(33(34)38)15-16-42(29)48(44,45)25-9-4-3-5-10-25/h3-11,13,15-16,18-19H,2,12,14,17,20H2,1H3. The third-order valence-corrected chi connectivity index (χ3v) is 9.80. The number of esters is 1. The van der Waals surface area contributed by atoms with E-state index in [1.807, 2.05) is 0 Å². The minimum atomic E-state index is -4.10. The van der Waals surface area contributed by atoms with Gasteiger partial charge in [0.1, 0.15) is 11.6 Å². The monoisotopic (exact) mass is 672 g/mol. The molecule has 0 atom stereocenters. The highest BCUT2D eigenvalue weighted by Gasteiger charge is 2.27. The number of hydrogen-bond donors (Lipinski definition) is 0. The van der Waals surface area contributed by atoms with E-state index < -0.39 is 39.2 Å². The number of hydrogen-bond acceptors (Lipinski definition) is 7. The Morgan fingerprint density at radius 1 is 0.938 bits per heavy atom. The molecule has 13 heteroatoms. The first kappa shape index (κ1) is 31.2. The van der Waals surface area contributed by atoms with E-state index in [1.54, 1.807) is 66.2 Å². The summed E-state index contributed by atoms with van der Waals surface area (Å²) in [7, 11) is -4.10. The Hall–Kier alpha value is -5.43. The molecule has 0 unspecified atom stereocenters. The second-order valence-electron chi connectivity index (χ2n) is 11.2. The van der Waals surface area contributed by atoms with Crippen LogP contribution >= 0.6 is 0 Å². The van der Waals surface area contributed by atoms with Crippen LogP contribution in [0, 0.1) is 17.5 Å². The van der Waals surface area contributed by atoms with Crippen molar-refractivity contribution in [1.82, 2.24) is 18.7 Å². The molecule has 244 valence electrons. The predicted octanol–water partition coefficient (Wildman–Crippen LogP) is 6.79. The van der Waals surface area contributed by atoms with E-state index in [1.165, 1.54) is 24.4 Å². The van der Waals surface area contributed by atoms with Crippen LogP contribution < -0.4 is 4.74 Å². The van der Waals surface area contributed by atoms with Gasteiger partial charge in [-0.05, 0) is 60.4 Å². The highest BCUT2D eigenvalue weighted by Crippen LogP contribution is 2.38. The topological polar surface area (TPSA) is 105 Å². The lowest BCUT2D eigenvalue weighted by molar-refractivity contribution is -0.143. The fourth-order valence-electron chi connectivity index (χ4n) is 5.80. The van der Waals surface area contributed by atoms with Gasteiger partial charge < -0.3 is 9.47 Å². The molecular formula is C35H27F3N4O5S. The molecule has 0 saturated heterocycles. The summed E-state index contributed by atoms with van der Waals surface area (Å²) in [6.07, 6.45) is 1.55. The van der Waals surface area contributed by atoms with Gasteiger partial charge >= 0.3 is 5.97 Å². The molecule has 0 spiro atoms. The number of aryl methyl sites for hydroxylation is 1. The van der Waals surface area contributed by atoms with Gasteiger partial charge in [-0.3, -0.25) is 4.79 Å². The van der Waals surface area contributed by atoms with E-state index in [9.17, 15) is 13.2 Å². The Morgan fingerprint density at radius 2 is 1.73 bits per heavy atom. The highest BCUT2D eigenvalue weighted by molar-refractivity contribution is 7.90. The van der Waals surface area contributed by atoms with E-state index >= 15 is 13.2 Å². The molecule has 1 aliphatic rings. The van der Waals surface area contributed by atoms with Crippen molar-refractivity contribution < 1.29 is 35.9 Å². The van der Waals surface area contributed by atoms with E-state index in [-0.39, 0.29) is 47.4 Å². The number of carbonyl (C=O) groups is 1. The number of aromatic nitrogens is 4. The summed E-state index contributed by atoms with van der Waals surface area (Å²) in [6.45, 7) is 2.36. The molecular weight excluding hydrogens is 645 g/mol. The molecule has 9 nitrogen and oxygen atoms in total. The van der Waals surface area contributed by atoms with Crippen LogP contribution in [0.2, 0.25) is 0 Å². The zero-order chi connectivity index (χ0) is 33.6. The van der Waals surface area contributed by atoms with Crippen molar-refractivity contribution >= 4 is 26.9 Å². The molecule has 48 heavy (non-hydrogen) atoms. The molecule has 0 saturated carbocycles. The van der Waals surface area contributed by atoms with Gasteiger partial charge in [-0.2, -0.15) is 5.10 Å². The van der Waals surface area contributed by atoms with Crippen molar-refractivity contribution in [2.45, 2.75) is 37.6 Å². The summed E-state index contributed by atoms with van der Waals surface area (Å²) in [5.74, 6) is -2.65. The van der Waals surface area contributed by atoms with Gasteiger partial charge in [0, 0.05) is 36.1 Å². The third kappa shape index (κ3) is 5.59. The smallest absolute Gasteiger partial charge is 0.306 e. The number of fused-ring (bicyclic) bond motifs is 4. The van der Waals surface area contributed by atoms with Gasteiger partial charge in [0.2, 0.25) is 0 Å². The number of benzene rings is 4. The molecule has 2 aromatic heterocycles. The summed E-state index contributed by atoms with van der Waals surface area (Å²) in [5, 5.41) is 4.41. The van der Waals surface area contributed by atoms with Gasteiger partial charge in [0.15, 0.2) is 29.0 Å². The summed E-state index contributed by atoms with van der Waals surface area (Å²) in [4.78, 5) is 16.3. The van der Waals surface area contributed by atoms with Gasteiger partial charge in [-0.25, -0.2) is 35.2 Å². The molecule has 0 radical (unpaired) electrons. The van der Waals surface area contributed by atoms with Crippen molar-refractivity contribution in [2.75, 3.05) is 6.61 Å². The van der Waals surface area contributed by atoms with Crippen LogP contribution in [0.15, 0.2) is 90.0 Å². The van der Waals surface area contributed by atoms with Gasteiger partial charge in [0.25, 0.3) is 10.0 Å². The quantitative estimate of drug-likeness (QED) is 0.147. The summed E-state index contributed by atoms with van der Waals surface area (Å²) < 4.78 is 85.8. The number of halogens is 3. The molecule has 0 amide bonds. The van der Waals surface area contributed by atoms with Gasteiger partial charge in [-0.15, -0.1) is 0 Å². The van der Waals surface area contributed by atoms with Crippen LogP contribution in [0.3, 0.4) is 0 Å². The maximum atomic E-state index is 15.7. The molecule has 1 aliphatic heterocycles. The number of rotatable bonds is 10. The molecule has 0 bridgehead atoms. The minimum Gasteiger partial charge on any atom is -0.466 e. The highest BCUT2D eigenvalue weighted by atomic mass is 32.2. The number of carbonyl (C=O) groups excluding carboxylic acids is 1. The SMILES string of the molecule is CCOC(=O)CCc1cccc(Cc2nc3n(n2)Cc2ccc(Oc4c(F)cc5c(ccn5S(=O)(=O)c5ccccc5)c4F)cc2-3)c1F.